The van der Waals surface area contributed by atoms with Gasteiger partial charge in [0.1, 0.15) is 0 Å². The van der Waals surface area contributed by atoms with Crippen molar-refractivity contribution in [1.29, 1.82) is 0 Å². The molecule has 21 heavy (non-hydrogen) atoms. The molecule has 0 unspecified atom stereocenters. The first-order chi connectivity index (χ1) is 9.58. The first-order valence-corrected chi connectivity index (χ1v) is 7.40. The van der Waals surface area contributed by atoms with E-state index in [0.29, 0.717) is 5.96 Å². The number of halogens is 1. The molecule has 0 amide bonds. The number of nitrogens with one attached hydrogen (secondary N) is 1. The van der Waals surface area contributed by atoms with E-state index in [1.807, 2.05) is 0 Å². The van der Waals surface area contributed by atoms with Gasteiger partial charge < -0.3 is 16.0 Å². The van der Waals surface area contributed by atoms with Gasteiger partial charge in [-0.15, -0.1) is 24.0 Å². The second-order valence-electron chi connectivity index (χ2n) is 5.21. The number of nitrogens with zero attached hydrogens (tertiary/aromatic N) is 2. The van der Waals surface area contributed by atoms with Crippen molar-refractivity contribution >= 4 is 35.6 Å². The molecule has 0 saturated heterocycles. The van der Waals surface area contributed by atoms with Crippen molar-refractivity contribution in [1.82, 2.24) is 4.90 Å². The number of hydrogen-bond acceptors (Lipinski definition) is 2. The summed E-state index contributed by atoms with van der Waals surface area (Å²) in [5, 5.41) is 3.28. The first-order valence-electron chi connectivity index (χ1n) is 7.40. The van der Waals surface area contributed by atoms with Gasteiger partial charge in [-0.3, -0.25) is 4.99 Å². The zero-order valence-corrected chi connectivity index (χ0v) is 16.0. The predicted molar refractivity (Wildman–Crippen MR) is 104 cm³/mol. The molecule has 0 aliphatic rings. The van der Waals surface area contributed by atoms with Gasteiger partial charge in [0.05, 0.1) is 0 Å². The number of hydrogen-bond donors (Lipinski definition) is 2. The standard InChI is InChI=1S/C16H28N4.HI/c1-5-13-9-7-10-14(6-2)15(13)19-16(17)18-11-8-12-20(3)4;/h7,9-10H,5-6,8,11-12H2,1-4H3,(H3,17,18,19);1H. The van der Waals surface area contributed by atoms with Gasteiger partial charge in [-0.25, -0.2) is 0 Å². The molecule has 4 nitrogen and oxygen atoms in total. The Kier molecular flexibility index (Phi) is 10.4. The highest BCUT2D eigenvalue weighted by Crippen LogP contribution is 2.22. The zero-order valence-electron chi connectivity index (χ0n) is 13.6. The molecule has 0 atom stereocenters. The van der Waals surface area contributed by atoms with E-state index in [1.165, 1.54) is 11.1 Å². The van der Waals surface area contributed by atoms with Crippen molar-refractivity contribution in [2.24, 2.45) is 10.7 Å². The third-order valence-electron chi connectivity index (χ3n) is 3.30. The maximum Gasteiger partial charge on any atom is 0.193 e. The highest BCUT2D eigenvalue weighted by molar-refractivity contribution is 14.0. The Morgan fingerprint density at radius 2 is 1.76 bits per heavy atom. The van der Waals surface area contributed by atoms with Crippen molar-refractivity contribution < 1.29 is 0 Å². The lowest BCUT2D eigenvalue weighted by Crippen LogP contribution is -2.25. The molecule has 120 valence electrons. The van der Waals surface area contributed by atoms with Crippen LogP contribution in [0.25, 0.3) is 0 Å². The van der Waals surface area contributed by atoms with Gasteiger partial charge in [-0.1, -0.05) is 32.0 Å². The first kappa shape index (κ1) is 20.2. The number of aryl methyl sites for hydroxylation is 2. The highest BCUT2D eigenvalue weighted by Gasteiger charge is 2.06. The van der Waals surface area contributed by atoms with Crippen molar-refractivity contribution in [3.63, 3.8) is 0 Å². The second-order valence-corrected chi connectivity index (χ2v) is 5.21. The fourth-order valence-electron chi connectivity index (χ4n) is 2.16. The fourth-order valence-corrected chi connectivity index (χ4v) is 2.16. The summed E-state index contributed by atoms with van der Waals surface area (Å²) < 4.78 is 0. The minimum absolute atomic E-state index is 0. The van der Waals surface area contributed by atoms with Crippen LogP contribution in [0, 0.1) is 0 Å². The lowest BCUT2D eigenvalue weighted by molar-refractivity contribution is 0.403. The molecule has 0 bridgehead atoms. The SMILES string of the molecule is CCc1cccc(CC)c1NC(N)=NCCCN(C)C.I. The average molecular weight is 404 g/mol. The number of para-hydroxylation sites is 1. The summed E-state index contributed by atoms with van der Waals surface area (Å²) in [6, 6.07) is 6.38. The summed E-state index contributed by atoms with van der Waals surface area (Å²) in [5.74, 6) is 0.513. The van der Waals surface area contributed by atoms with Crippen molar-refractivity contribution in [2.45, 2.75) is 33.1 Å². The molecule has 3 N–H and O–H groups in total. The molecule has 0 aromatic heterocycles. The van der Waals surface area contributed by atoms with Gasteiger partial charge in [-0.05, 0) is 51.0 Å². The topological polar surface area (TPSA) is 53.6 Å². The lowest BCUT2D eigenvalue weighted by atomic mass is 10.0. The van der Waals surface area contributed by atoms with Crippen LogP contribution in [0.5, 0.6) is 0 Å². The van der Waals surface area contributed by atoms with Crippen LogP contribution in [-0.2, 0) is 12.8 Å². The molecule has 0 saturated carbocycles. The largest absolute Gasteiger partial charge is 0.370 e. The van der Waals surface area contributed by atoms with E-state index in [1.54, 1.807) is 0 Å². The van der Waals surface area contributed by atoms with Gasteiger partial charge in [0.25, 0.3) is 0 Å². The number of rotatable bonds is 7. The normalized spacial score (nSPS) is 11.4. The number of aliphatic imine (C=N–C) groups is 1. The number of anilines is 1. The summed E-state index contributed by atoms with van der Waals surface area (Å²) >= 11 is 0. The molecule has 5 heteroatoms. The molecule has 0 radical (unpaired) electrons. The van der Waals surface area contributed by atoms with Crippen LogP contribution in [0.4, 0.5) is 5.69 Å². The smallest absolute Gasteiger partial charge is 0.193 e. The summed E-state index contributed by atoms with van der Waals surface area (Å²) in [5.41, 5.74) is 9.70. The quantitative estimate of drug-likeness (QED) is 0.318. The zero-order chi connectivity index (χ0) is 15.0. The van der Waals surface area contributed by atoms with E-state index in [2.05, 4.69) is 61.4 Å². The Morgan fingerprint density at radius 1 is 1.19 bits per heavy atom. The molecule has 0 fully saturated rings. The Labute approximate surface area is 146 Å². The van der Waals surface area contributed by atoms with Crippen LogP contribution < -0.4 is 11.1 Å². The van der Waals surface area contributed by atoms with Crippen LogP contribution in [0.15, 0.2) is 23.2 Å². The molecule has 1 aromatic rings. The van der Waals surface area contributed by atoms with Gasteiger partial charge >= 0.3 is 0 Å². The third-order valence-corrected chi connectivity index (χ3v) is 3.30. The van der Waals surface area contributed by atoms with Crippen LogP contribution in [-0.4, -0.2) is 38.0 Å². The van der Waals surface area contributed by atoms with E-state index in [0.717, 1.165) is 38.0 Å². The minimum Gasteiger partial charge on any atom is -0.370 e. The highest BCUT2D eigenvalue weighted by atomic mass is 127. The van der Waals surface area contributed by atoms with Gasteiger partial charge in [0, 0.05) is 12.2 Å². The summed E-state index contributed by atoms with van der Waals surface area (Å²) in [4.78, 5) is 6.55. The molecule has 0 heterocycles. The molecule has 0 aliphatic carbocycles. The molecule has 1 rings (SSSR count). The van der Waals surface area contributed by atoms with E-state index in [4.69, 9.17) is 5.73 Å². The van der Waals surface area contributed by atoms with Crippen molar-refractivity contribution in [3.8, 4) is 0 Å². The molecule has 0 spiro atoms. The molecular formula is C16H29IN4. The maximum absolute atomic E-state index is 6.00. The Hall–Kier alpha value is -0.820. The molecule has 1 aromatic carbocycles. The van der Waals surface area contributed by atoms with Crippen LogP contribution >= 0.6 is 24.0 Å². The summed E-state index contributed by atoms with van der Waals surface area (Å²) in [6.07, 6.45) is 3.00. The van der Waals surface area contributed by atoms with E-state index in [9.17, 15) is 0 Å². The van der Waals surface area contributed by atoms with Gasteiger partial charge in [-0.2, -0.15) is 0 Å². The minimum atomic E-state index is 0. The Bertz CT molecular complexity index is 422. The van der Waals surface area contributed by atoms with Crippen LogP contribution in [0.1, 0.15) is 31.4 Å². The molecular weight excluding hydrogens is 375 g/mol. The number of nitrogens with two attached hydrogens (primary N) is 1. The maximum atomic E-state index is 6.00. The van der Waals surface area contributed by atoms with E-state index < -0.39 is 0 Å². The van der Waals surface area contributed by atoms with Crippen LogP contribution in [0.3, 0.4) is 0 Å². The predicted octanol–water partition coefficient (Wildman–Crippen LogP) is 3.11. The number of guanidine groups is 1. The van der Waals surface area contributed by atoms with E-state index >= 15 is 0 Å². The summed E-state index contributed by atoms with van der Waals surface area (Å²) in [6.45, 7) is 6.10. The van der Waals surface area contributed by atoms with Gasteiger partial charge in [0.2, 0.25) is 0 Å². The third kappa shape index (κ3) is 7.13. The Morgan fingerprint density at radius 3 is 2.24 bits per heavy atom. The van der Waals surface area contributed by atoms with Gasteiger partial charge in [0.15, 0.2) is 5.96 Å². The lowest BCUT2D eigenvalue weighted by Gasteiger charge is -2.15. The second kappa shape index (κ2) is 10.8. The molecule has 0 aliphatic heterocycles. The van der Waals surface area contributed by atoms with Crippen molar-refractivity contribution in [3.05, 3.63) is 29.3 Å². The number of benzene rings is 1. The van der Waals surface area contributed by atoms with E-state index in [-0.39, 0.29) is 24.0 Å². The summed E-state index contributed by atoms with van der Waals surface area (Å²) in [7, 11) is 4.13. The van der Waals surface area contributed by atoms with Crippen LogP contribution in [0.2, 0.25) is 0 Å². The monoisotopic (exact) mass is 404 g/mol. The Balaban J connectivity index is 0.00000400. The fraction of sp³-hybridized carbons (Fsp3) is 0.562. The average Bonchev–Trinajstić information content (AvgIpc) is 2.43. The van der Waals surface area contributed by atoms with Crippen molar-refractivity contribution in [2.75, 3.05) is 32.5 Å².